The summed E-state index contributed by atoms with van der Waals surface area (Å²) in [6.07, 6.45) is 1.67. The van der Waals surface area contributed by atoms with Crippen molar-refractivity contribution in [3.8, 4) is 0 Å². The molecule has 21 heavy (non-hydrogen) atoms. The molecule has 2 heterocycles. The van der Waals surface area contributed by atoms with E-state index >= 15 is 0 Å². The van der Waals surface area contributed by atoms with E-state index in [-0.39, 0.29) is 30.2 Å². The molecule has 1 fully saturated rings. The Balaban J connectivity index is 2.18. The number of methoxy groups -OCH3 is 2. The van der Waals surface area contributed by atoms with Gasteiger partial charge in [-0.1, -0.05) is 0 Å². The van der Waals surface area contributed by atoms with Crippen molar-refractivity contribution in [1.82, 2.24) is 14.1 Å². The molecular formula is C11H17N3O6S. The topological polar surface area (TPSA) is 111 Å². The van der Waals surface area contributed by atoms with Gasteiger partial charge < -0.3 is 14.6 Å². The highest BCUT2D eigenvalue weighted by Crippen LogP contribution is 2.23. The van der Waals surface area contributed by atoms with E-state index < -0.39 is 22.5 Å². The monoisotopic (exact) mass is 319 g/mol. The fourth-order valence-corrected chi connectivity index (χ4v) is 3.63. The molecule has 10 heteroatoms. The first-order chi connectivity index (χ1) is 9.88. The first-order valence-electron chi connectivity index (χ1n) is 6.18. The summed E-state index contributed by atoms with van der Waals surface area (Å²) < 4.78 is 37.7. The minimum atomic E-state index is -3.74. The second kappa shape index (κ2) is 6.10. The first-order valence-corrected chi connectivity index (χ1v) is 7.62. The molecule has 2 atom stereocenters. The van der Waals surface area contributed by atoms with Crippen LogP contribution in [0.5, 0.6) is 0 Å². The molecule has 0 bridgehead atoms. The molecule has 0 amide bonds. The van der Waals surface area contributed by atoms with Gasteiger partial charge in [0.2, 0.25) is 10.0 Å². The molecule has 1 aliphatic rings. The van der Waals surface area contributed by atoms with Crippen molar-refractivity contribution < 1.29 is 27.8 Å². The Labute approximate surface area is 122 Å². The van der Waals surface area contributed by atoms with E-state index in [1.165, 1.54) is 24.7 Å². The van der Waals surface area contributed by atoms with Crippen molar-refractivity contribution in [3.63, 3.8) is 0 Å². The quantitative estimate of drug-likeness (QED) is 0.716. The van der Waals surface area contributed by atoms with E-state index in [1.54, 1.807) is 0 Å². The van der Waals surface area contributed by atoms with E-state index in [2.05, 4.69) is 5.10 Å². The molecule has 1 saturated heterocycles. The lowest BCUT2D eigenvalue weighted by atomic mass is 10.3. The summed E-state index contributed by atoms with van der Waals surface area (Å²) in [7, 11) is -0.747. The van der Waals surface area contributed by atoms with Gasteiger partial charge in [0.05, 0.1) is 18.4 Å². The highest BCUT2D eigenvalue weighted by Gasteiger charge is 2.40. The van der Waals surface area contributed by atoms with E-state index in [9.17, 15) is 13.2 Å². The summed E-state index contributed by atoms with van der Waals surface area (Å²) in [6, 6.07) is 0. The van der Waals surface area contributed by atoms with Crippen LogP contribution in [0.2, 0.25) is 0 Å². The van der Waals surface area contributed by atoms with Gasteiger partial charge in [0.25, 0.3) is 0 Å². The smallest absolute Gasteiger partial charge is 0.325 e. The molecule has 0 aliphatic carbocycles. The summed E-state index contributed by atoms with van der Waals surface area (Å²) in [5, 5.41) is 12.4. The Hall–Kier alpha value is -1.49. The van der Waals surface area contributed by atoms with Crippen LogP contribution in [0.3, 0.4) is 0 Å². The van der Waals surface area contributed by atoms with E-state index in [4.69, 9.17) is 14.6 Å². The molecule has 1 N–H and O–H groups in total. The van der Waals surface area contributed by atoms with Crippen LogP contribution in [-0.2, 0) is 30.8 Å². The molecule has 2 rings (SSSR count). The van der Waals surface area contributed by atoms with Crippen LogP contribution in [0.15, 0.2) is 17.3 Å². The third kappa shape index (κ3) is 3.23. The summed E-state index contributed by atoms with van der Waals surface area (Å²) in [5.74, 6) is -1.10. The van der Waals surface area contributed by atoms with Gasteiger partial charge in [-0.15, -0.1) is 0 Å². The fraction of sp³-hybridized carbons (Fsp3) is 0.636. The second-order valence-electron chi connectivity index (χ2n) is 4.64. The lowest BCUT2D eigenvalue weighted by molar-refractivity contribution is -0.137. The minimum Gasteiger partial charge on any atom is -0.480 e. The molecule has 0 radical (unpaired) electrons. The van der Waals surface area contributed by atoms with Crippen LogP contribution in [0.4, 0.5) is 0 Å². The summed E-state index contributed by atoms with van der Waals surface area (Å²) in [5.41, 5.74) is 0. The van der Waals surface area contributed by atoms with Crippen molar-refractivity contribution in [1.29, 1.82) is 0 Å². The van der Waals surface area contributed by atoms with Gasteiger partial charge in [0.15, 0.2) is 0 Å². The Morgan fingerprint density at radius 1 is 1.38 bits per heavy atom. The van der Waals surface area contributed by atoms with Gasteiger partial charge >= 0.3 is 5.97 Å². The summed E-state index contributed by atoms with van der Waals surface area (Å²) in [6.45, 7) is -0.0280. The predicted octanol–water partition coefficient (Wildman–Crippen LogP) is -0.998. The largest absolute Gasteiger partial charge is 0.480 e. The molecule has 118 valence electrons. The summed E-state index contributed by atoms with van der Waals surface area (Å²) in [4.78, 5) is 10.5. The molecular weight excluding hydrogens is 302 g/mol. The lowest BCUT2D eigenvalue weighted by Crippen LogP contribution is -2.30. The first kappa shape index (κ1) is 15.9. The Morgan fingerprint density at radius 3 is 2.43 bits per heavy atom. The van der Waals surface area contributed by atoms with Gasteiger partial charge in [-0.25, -0.2) is 8.42 Å². The SMILES string of the molecule is COC1CN(S(=O)(=O)c2cnn(CC(=O)O)c2)CC1OC. The number of nitrogens with zero attached hydrogens (tertiary/aromatic N) is 3. The number of aromatic nitrogens is 2. The molecule has 0 saturated carbocycles. The number of ether oxygens (including phenoxy) is 2. The molecule has 9 nitrogen and oxygen atoms in total. The van der Waals surface area contributed by atoms with Gasteiger partial charge in [0.1, 0.15) is 11.4 Å². The van der Waals surface area contributed by atoms with Crippen LogP contribution in [-0.4, -0.2) is 73.1 Å². The third-order valence-electron chi connectivity index (χ3n) is 3.33. The fourth-order valence-electron chi connectivity index (χ4n) is 2.21. The molecule has 1 aromatic rings. The zero-order chi connectivity index (χ0) is 15.6. The van der Waals surface area contributed by atoms with E-state index in [0.717, 1.165) is 10.9 Å². The van der Waals surface area contributed by atoms with Gasteiger partial charge in [-0.05, 0) is 0 Å². The number of carbonyl (C=O) groups is 1. The van der Waals surface area contributed by atoms with Crippen molar-refractivity contribution in [2.24, 2.45) is 0 Å². The maximum absolute atomic E-state index is 12.5. The Bertz CT molecular complexity index is 601. The number of carboxylic acid groups (broad SMARTS) is 1. The number of hydrogen-bond acceptors (Lipinski definition) is 6. The zero-order valence-corrected chi connectivity index (χ0v) is 12.5. The lowest BCUT2D eigenvalue weighted by Gasteiger charge is -2.14. The second-order valence-corrected chi connectivity index (χ2v) is 6.58. The number of rotatable bonds is 6. The number of aliphatic carboxylic acids is 1. The van der Waals surface area contributed by atoms with Crippen LogP contribution in [0.25, 0.3) is 0 Å². The van der Waals surface area contributed by atoms with Crippen LogP contribution in [0.1, 0.15) is 0 Å². The van der Waals surface area contributed by atoms with Crippen molar-refractivity contribution in [3.05, 3.63) is 12.4 Å². The van der Waals surface area contributed by atoms with Gasteiger partial charge in [0, 0.05) is 33.5 Å². The highest BCUT2D eigenvalue weighted by molar-refractivity contribution is 7.89. The predicted molar refractivity (Wildman–Crippen MR) is 70.2 cm³/mol. The van der Waals surface area contributed by atoms with Crippen molar-refractivity contribution in [2.75, 3.05) is 27.3 Å². The Morgan fingerprint density at radius 2 is 1.95 bits per heavy atom. The standard InChI is InChI=1S/C11H17N3O6S/c1-19-9-5-14(6-10(9)20-2)21(17,18)8-3-12-13(4-8)7-11(15)16/h3-4,9-10H,5-7H2,1-2H3,(H,15,16). The Kier molecular flexibility index (Phi) is 4.61. The number of carboxylic acids is 1. The molecule has 1 aromatic heterocycles. The molecule has 0 aromatic carbocycles. The molecule has 1 aliphatic heterocycles. The van der Waals surface area contributed by atoms with Crippen LogP contribution < -0.4 is 0 Å². The van der Waals surface area contributed by atoms with Gasteiger partial charge in [-0.3, -0.25) is 9.48 Å². The molecule has 2 unspecified atom stereocenters. The van der Waals surface area contributed by atoms with E-state index in [0.29, 0.717) is 0 Å². The molecule has 0 spiro atoms. The normalized spacial score (nSPS) is 23.5. The summed E-state index contributed by atoms with van der Waals surface area (Å²) >= 11 is 0. The number of hydrogen-bond donors (Lipinski definition) is 1. The van der Waals surface area contributed by atoms with Crippen LogP contribution >= 0.6 is 0 Å². The maximum atomic E-state index is 12.5. The average molecular weight is 319 g/mol. The van der Waals surface area contributed by atoms with Crippen molar-refractivity contribution in [2.45, 2.75) is 23.6 Å². The van der Waals surface area contributed by atoms with Crippen LogP contribution in [0, 0.1) is 0 Å². The van der Waals surface area contributed by atoms with Crippen molar-refractivity contribution >= 4 is 16.0 Å². The zero-order valence-electron chi connectivity index (χ0n) is 11.7. The minimum absolute atomic E-state index is 0.0460. The third-order valence-corrected chi connectivity index (χ3v) is 5.12. The average Bonchev–Trinajstić information content (AvgIpc) is 3.04. The van der Waals surface area contributed by atoms with Gasteiger partial charge in [-0.2, -0.15) is 9.40 Å². The highest BCUT2D eigenvalue weighted by atomic mass is 32.2. The maximum Gasteiger partial charge on any atom is 0.325 e. The van der Waals surface area contributed by atoms with E-state index in [1.807, 2.05) is 0 Å². The number of sulfonamides is 1.